The van der Waals surface area contributed by atoms with Gasteiger partial charge in [0, 0.05) is 32.8 Å². The number of ether oxygens (including phenoxy) is 1. The van der Waals surface area contributed by atoms with Gasteiger partial charge >= 0.3 is 0 Å². The smallest absolute Gasteiger partial charge is 0.0509 e. The number of likely N-dealkylation sites (tertiary alicyclic amines) is 1. The van der Waals surface area contributed by atoms with Crippen LogP contribution in [0, 0.1) is 17.8 Å². The first kappa shape index (κ1) is 11.3. The van der Waals surface area contributed by atoms with E-state index in [2.05, 4.69) is 4.90 Å². The molecular weight excluding hydrogens is 192 g/mol. The zero-order chi connectivity index (χ0) is 10.7. The fourth-order valence-electron chi connectivity index (χ4n) is 3.10. The van der Waals surface area contributed by atoms with Crippen molar-refractivity contribution >= 4 is 0 Å². The van der Waals surface area contributed by atoms with E-state index in [-0.39, 0.29) is 0 Å². The number of fused-ring (bicyclic) bond motifs is 2. The van der Waals surface area contributed by atoms with E-state index in [4.69, 9.17) is 15.6 Å². The summed E-state index contributed by atoms with van der Waals surface area (Å²) in [4.78, 5) is 2.45. The number of rotatable bonds is 4. The highest BCUT2D eigenvalue weighted by Crippen LogP contribution is 2.35. The van der Waals surface area contributed by atoms with Gasteiger partial charge in [0.25, 0.3) is 0 Å². The van der Waals surface area contributed by atoms with Gasteiger partial charge in [-0.15, -0.1) is 0 Å². The number of hydrogen-bond acceptors (Lipinski definition) is 4. The van der Waals surface area contributed by atoms with Gasteiger partial charge in [0.1, 0.15) is 0 Å². The zero-order valence-electron chi connectivity index (χ0n) is 9.27. The summed E-state index contributed by atoms with van der Waals surface area (Å²) in [6.45, 7) is 5.97. The van der Waals surface area contributed by atoms with Gasteiger partial charge in [-0.3, -0.25) is 0 Å². The van der Waals surface area contributed by atoms with Crippen LogP contribution in [0.15, 0.2) is 0 Å². The highest BCUT2D eigenvalue weighted by molar-refractivity contribution is 4.89. The monoisotopic (exact) mass is 214 g/mol. The first-order valence-electron chi connectivity index (χ1n) is 5.96. The molecule has 2 aliphatic heterocycles. The third-order valence-electron chi connectivity index (χ3n) is 3.77. The molecule has 4 heteroatoms. The summed E-state index contributed by atoms with van der Waals surface area (Å²) in [5.74, 6) is 1.88. The second kappa shape index (κ2) is 5.25. The molecule has 2 rings (SSSR count). The second-order valence-electron chi connectivity index (χ2n) is 4.78. The van der Waals surface area contributed by atoms with Crippen LogP contribution in [0.5, 0.6) is 0 Å². The Hall–Kier alpha value is -0.160. The number of nitrogens with zero attached hydrogens (tertiary/aromatic N) is 1. The number of nitrogens with two attached hydrogens (primary N) is 1. The van der Waals surface area contributed by atoms with E-state index in [1.54, 1.807) is 0 Å². The summed E-state index contributed by atoms with van der Waals surface area (Å²) < 4.78 is 5.60. The second-order valence-corrected chi connectivity index (χ2v) is 4.78. The topological polar surface area (TPSA) is 58.7 Å². The Balaban J connectivity index is 1.95. The summed E-state index contributed by atoms with van der Waals surface area (Å²) in [6.07, 6.45) is 0.940. The van der Waals surface area contributed by atoms with Crippen LogP contribution >= 0.6 is 0 Å². The minimum absolute atomic E-state index is 0.314. The Morgan fingerprint density at radius 1 is 1.27 bits per heavy atom. The van der Waals surface area contributed by atoms with Crippen LogP contribution in [0.25, 0.3) is 0 Å². The highest BCUT2D eigenvalue weighted by atomic mass is 16.5. The molecule has 0 saturated carbocycles. The molecule has 2 bridgehead atoms. The largest absolute Gasteiger partial charge is 0.396 e. The van der Waals surface area contributed by atoms with Crippen LogP contribution < -0.4 is 5.73 Å². The molecule has 0 spiro atoms. The molecule has 2 aliphatic rings. The van der Waals surface area contributed by atoms with Gasteiger partial charge in [0.15, 0.2) is 0 Å². The molecule has 3 N–H and O–H groups in total. The Bertz CT molecular complexity index is 187. The van der Waals surface area contributed by atoms with E-state index >= 15 is 0 Å². The summed E-state index contributed by atoms with van der Waals surface area (Å²) in [5, 5.41) is 9.07. The fourth-order valence-corrected chi connectivity index (χ4v) is 3.10. The lowest BCUT2D eigenvalue weighted by molar-refractivity contribution is -0.0877. The molecule has 4 nitrogen and oxygen atoms in total. The molecule has 0 aromatic carbocycles. The van der Waals surface area contributed by atoms with E-state index in [0.717, 1.165) is 45.8 Å². The molecular formula is C11H22N2O2. The van der Waals surface area contributed by atoms with E-state index in [1.165, 1.54) is 0 Å². The van der Waals surface area contributed by atoms with Crippen molar-refractivity contribution in [1.29, 1.82) is 0 Å². The summed E-state index contributed by atoms with van der Waals surface area (Å²) in [6, 6.07) is 0. The molecule has 15 heavy (non-hydrogen) atoms. The van der Waals surface area contributed by atoms with Crippen molar-refractivity contribution in [2.45, 2.75) is 6.42 Å². The summed E-state index contributed by atoms with van der Waals surface area (Å²) >= 11 is 0. The van der Waals surface area contributed by atoms with E-state index < -0.39 is 0 Å². The Morgan fingerprint density at radius 2 is 1.93 bits per heavy atom. The van der Waals surface area contributed by atoms with Gasteiger partial charge in [-0.2, -0.15) is 0 Å². The SMILES string of the molecule is NCCN1CC2COCC(C1)C2CCO. The lowest BCUT2D eigenvalue weighted by Gasteiger charge is -2.47. The molecule has 2 unspecified atom stereocenters. The van der Waals surface area contributed by atoms with Crippen LogP contribution in [0.1, 0.15) is 6.42 Å². The normalized spacial score (nSPS) is 36.8. The Labute approximate surface area is 91.4 Å². The zero-order valence-corrected chi connectivity index (χ0v) is 9.27. The Kier molecular flexibility index (Phi) is 3.97. The predicted octanol–water partition coefficient (Wildman–Crippen LogP) is -0.478. The highest BCUT2D eigenvalue weighted by Gasteiger charge is 2.39. The van der Waals surface area contributed by atoms with Crippen LogP contribution in [-0.4, -0.2) is 56.0 Å². The lowest BCUT2D eigenvalue weighted by Crippen LogP contribution is -2.53. The van der Waals surface area contributed by atoms with Gasteiger partial charge in [0.2, 0.25) is 0 Å². The molecule has 2 heterocycles. The average molecular weight is 214 g/mol. The number of aliphatic hydroxyl groups is 1. The van der Waals surface area contributed by atoms with Crippen molar-refractivity contribution in [3.63, 3.8) is 0 Å². The minimum Gasteiger partial charge on any atom is -0.396 e. The number of hydrogen-bond donors (Lipinski definition) is 2. The number of aliphatic hydroxyl groups excluding tert-OH is 1. The van der Waals surface area contributed by atoms with E-state index in [9.17, 15) is 0 Å². The number of piperidine rings is 1. The first-order valence-corrected chi connectivity index (χ1v) is 5.96. The van der Waals surface area contributed by atoms with Crippen LogP contribution in [0.4, 0.5) is 0 Å². The molecule has 0 radical (unpaired) electrons. The first-order chi connectivity index (χ1) is 7.35. The van der Waals surface area contributed by atoms with Crippen molar-refractivity contribution in [3.8, 4) is 0 Å². The molecule has 0 amide bonds. The maximum atomic E-state index is 9.07. The van der Waals surface area contributed by atoms with Crippen LogP contribution in [0.3, 0.4) is 0 Å². The fraction of sp³-hybridized carbons (Fsp3) is 1.00. The van der Waals surface area contributed by atoms with Crippen molar-refractivity contribution in [3.05, 3.63) is 0 Å². The average Bonchev–Trinajstić information content (AvgIpc) is 2.19. The van der Waals surface area contributed by atoms with Crippen molar-refractivity contribution in [2.75, 3.05) is 46.0 Å². The van der Waals surface area contributed by atoms with Gasteiger partial charge < -0.3 is 20.5 Å². The predicted molar refractivity (Wildman–Crippen MR) is 58.5 cm³/mol. The summed E-state index contributed by atoms with van der Waals surface area (Å²) in [7, 11) is 0. The van der Waals surface area contributed by atoms with Crippen LogP contribution in [0.2, 0.25) is 0 Å². The third-order valence-corrected chi connectivity index (χ3v) is 3.77. The van der Waals surface area contributed by atoms with Gasteiger partial charge in [-0.05, 0) is 24.2 Å². The molecule has 0 aliphatic carbocycles. The van der Waals surface area contributed by atoms with Crippen molar-refractivity contribution in [1.82, 2.24) is 4.90 Å². The van der Waals surface area contributed by atoms with E-state index in [1.807, 2.05) is 0 Å². The van der Waals surface area contributed by atoms with Crippen molar-refractivity contribution in [2.24, 2.45) is 23.5 Å². The summed E-state index contributed by atoms with van der Waals surface area (Å²) in [5.41, 5.74) is 5.59. The molecule has 2 fully saturated rings. The maximum absolute atomic E-state index is 9.07. The minimum atomic E-state index is 0.314. The molecule has 2 saturated heterocycles. The molecule has 0 aromatic heterocycles. The van der Waals surface area contributed by atoms with Gasteiger partial charge in [0.05, 0.1) is 13.2 Å². The molecule has 88 valence electrons. The third kappa shape index (κ3) is 2.50. The quantitative estimate of drug-likeness (QED) is 0.664. The Morgan fingerprint density at radius 3 is 2.47 bits per heavy atom. The maximum Gasteiger partial charge on any atom is 0.0509 e. The van der Waals surface area contributed by atoms with Crippen molar-refractivity contribution < 1.29 is 9.84 Å². The molecule has 0 aromatic rings. The van der Waals surface area contributed by atoms with E-state index in [0.29, 0.717) is 24.4 Å². The lowest BCUT2D eigenvalue weighted by atomic mass is 9.75. The van der Waals surface area contributed by atoms with Gasteiger partial charge in [-0.1, -0.05) is 0 Å². The van der Waals surface area contributed by atoms with Crippen LogP contribution in [-0.2, 0) is 4.74 Å². The van der Waals surface area contributed by atoms with Gasteiger partial charge in [-0.25, -0.2) is 0 Å². The standard InChI is InChI=1S/C11H22N2O2/c12-2-3-13-5-9-7-15-8-10(6-13)11(9)1-4-14/h9-11,14H,1-8,12H2. The molecule has 2 atom stereocenters.